The number of aromatic nitrogens is 1. The molecule has 2 unspecified atom stereocenters. The topological polar surface area (TPSA) is 71.3 Å². The Hall–Kier alpha value is -1.85. The van der Waals surface area contributed by atoms with E-state index in [1.165, 1.54) is 0 Å². The fourth-order valence-corrected chi connectivity index (χ4v) is 2.54. The Bertz CT molecular complexity index is 587. The molecule has 5 heteroatoms. The van der Waals surface area contributed by atoms with Gasteiger partial charge in [0, 0.05) is 30.0 Å². The second-order valence-corrected chi connectivity index (χ2v) is 5.29. The predicted molar refractivity (Wildman–Crippen MR) is 77.6 cm³/mol. The average molecular weight is 273 g/mol. The molecule has 2 aromatic rings. The summed E-state index contributed by atoms with van der Waals surface area (Å²) in [5.41, 5.74) is 7.46. The van der Waals surface area contributed by atoms with E-state index in [4.69, 9.17) is 10.5 Å². The lowest BCUT2D eigenvalue weighted by Gasteiger charge is -2.34. The van der Waals surface area contributed by atoms with Crippen LogP contribution in [0.15, 0.2) is 30.3 Å². The molecule has 20 heavy (non-hydrogen) atoms. The standard InChI is InChI=1S/C15H19N3O2/c1-10(16)14-9-18(6-7-20-14)15(19)13-8-11-4-2-3-5-12(11)17-13/h2-5,8,10,14,17H,6-7,9,16H2,1H3. The van der Waals surface area contributed by atoms with Crippen LogP contribution in [0.3, 0.4) is 0 Å². The van der Waals surface area contributed by atoms with Gasteiger partial charge >= 0.3 is 0 Å². The molecule has 0 saturated carbocycles. The smallest absolute Gasteiger partial charge is 0.270 e. The van der Waals surface area contributed by atoms with Gasteiger partial charge in [0.1, 0.15) is 5.69 Å². The molecule has 1 aromatic carbocycles. The lowest BCUT2D eigenvalue weighted by Crippen LogP contribution is -2.51. The number of carbonyl (C=O) groups is 1. The molecule has 0 aliphatic carbocycles. The molecule has 3 rings (SSSR count). The molecule has 1 fully saturated rings. The number of nitrogens with zero attached hydrogens (tertiary/aromatic N) is 1. The summed E-state index contributed by atoms with van der Waals surface area (Å²) in [7, 11) is 0. The van der Waals surface area contributed by atoms with Crippen molar-refractivity contribution in [3.8, 4) is 0 Å². The van der Waals surface area contributed by atoms with Crippen LogP contribution < -0.4 is 5.73 Å². The summed E-state index contributed by atoms with van der Waals surface area (Å²) in [6, 6.07) is 9.70. The molecule has 0 bridgehead atoms. The molecular formula is C15H19N3O2. The van der Waals surface area contributed by atoms with E-state index in [9.17, 15) is 4.79 Å². The van der Waals surface area contributed by atoms with Crippen LogP contribution in [0.5, 0.6) is 0 Å². The number of rotatable bonds is 2. The zero-order valence-electron chi connectivity index (χ0n) is 11.5. The monoisotopic (exact) mass is 273 g/mol. The second-order valence-electron chi connectivity index (χ2n) is 5.29. The highest BCUT2D eigenvalue weighted by Gasteiger charge is 2.27. The van der Waals surface area contributed by atoms with Gasteiger partial charge in [-0.3, -0.25) is 4.79 Å². The normalized spacial score (nSPS) is 21.1. The minimum Gasteiger partial charge on any atom is -0.373 e. The van der Waals surface area contributed by atoms with Gasteiger partial charge in [-0.25, -0.2) is 0 Å². The number of morpholine rings is 1. The van der Waals surface area contributed by atoms with Crippen LogP contribution in [0, 0.1) is 0 Å². The van der Waals surface area contributed by atoms with E-state index in [1.54, 1.807) is 0 Å². The van der Waals surface area contributed by atoms with Gasteiger partial charge in [0.2, 0.25) is 0 Å². The van der Waals surface area contributed by atoms with E-state index in [1.807, 2.05) is 42.2 Å². The number of para-hydroxylation sites is 1. The van der Waals surface area contributed by atoms with E-state index in [-0.39, 0.29) is 18.1 Å². The van der Waals surface area contributed by atoms with Crippen molar-refractivity contribution in [2.75, 3.05) is 19.7 Å². The molecule has 1 aromatic heterocycles. The summed E-state index contributed by atoms with van der Waals surface area (Å²) < 4.78 is 5.59. The maximum Gasteiger partial charge on any atom is 0.270 e. The van der Waals surface area contributed by atoms with Gasteiger partial charge in [0.15, 0.2) is 0 Å². The minimum atomic E-state index is -0.0860. The summed E-state index contributed by atoms with van der Waals surface area (Å²) in [4.78, 5) is 17.5. The third-order valence-corrected chi connectivity index (χ3v) is 3.73. The van der Waals surface area contributed by atoms with Crippen LogP contribution in [-0.4, -0.2) is 47.6 Å². The molecule has 5 nitrogen and oxygen atoms in total. The Morgan fingerprint density at radius 2 is 2.30 bits per heavy atom. The number of hydrogen-bond acceptors (Lipinski definition) is 3. The second kappa shape index (κ2) is 5.26. The van der Waals surface area contributed by atoms with Gasteiger partial charge in [0.05, 0.1) is 12.7 Å². The largest absolute Gasteiger partial charge is 0.373 e. The molecule has 1 saturated heterocycles. The quantitative estimate of drug-likeness (QED) is 0.867. The van der Waals surface area contributed by atoms with Crippen LogP contribution >= 0.6 is 0 Å². The van der Waals surface area contributed by atoms with Crippen molar-refractivity contribution < 1.29 is 9.53 Å². The summed E-state index contributed by atoms with van der Waals surface area (Å²) in [5.74, 6) is 0.00940. The number of hydrogen-bond donors (Lipinski definition) is 2. The summed E-state index contributed by atoms with van der Waals surface area (Å²) in [6.45, 7) is 3.60. The molecule has 0 spiro atoms. The summed E-state index contributed by atoms with van der Waals surface area (Å²) in [6.07, 6.45) is -0.0860. The van der Waals surface area contributed by atoms with E-state index in [0.29, 0.717) is 25.4 Å². The van der Waals surface area contributed by atoms with Crippen molar-refractivity contribution in [2.24, 2.45) is 5.73 Å². The summed E-state index contributed by atoms with van der Waals surface area (Å²) in [5, 5.41) is 1.05. The highest BCUT2D eigenvalue weighted by Crippen LogP contribution is 2.17. The van der Waals surface area contributed by atoms with Gasteiger partial charge in [-0.2, -0.15) is 0 Å². The molecule has 2 heterocycles. The van der Waals surface area contributed by atoms with Crippen molar-refractivity contribution >= 4 is 16.8 Å². The molecule has 3 N–H and O–H groups in total. The highest BCUT2D eigenvalue weighted by atomic mass is 16.5. The van der Waals surface area contributed by atoms with E-state index < -0.39 is 0 Å². The first-order chi connectivity index (χ1) is 9.65. The SMILES string of the molecule is CC(N)C1CN(C(=O)c2cc3ccccc3[nH]2)CCO1. The van der Waals surface area contributed by atoms with Crippen molar-refractivity contribution in [1.29, 1.82) is 0 Å². The lowest BCUT2D eigenvalue weighted by molar-refractivity contribution is -0.0301. The molecule has 2 atom stereocenters. The van der Waals surface area contributed by atoms with Crippen LogP contribution in [0.1, 0.15) is 17.4 Å². The number of carbonyl (C=O) groups excluding carboxylic acids is 1. The molecule has 1 amide bonds. The molecule has 1 aliphatic rings. The number of nitrogens with two attached hydrogens (primary N) is 1. The average Bonchev–Trinajstić information content (AvgIpc) is 2.90. The van der Waals surface area contributed by atoms with Gasteiger partial charge in [-0.1, -0.05) is 18.2 Å². The van der Waals surface area contributed by atoms with Crippen molar-refractivity contribution in [2.45, 2.75) is 19.1 Å². The molecule has 0 radical (unpaired) electrons. The number of fused-ring (bicyclic) bond motifs is 1. The number of nitrogens with one attached hydrogen (secondary N) is 1. The van der Waals surface area contributed by atoms with Gasteiger partial charge in [-0.15, -0.1) is 0 Å². The predicted octanol–water partition coefficient (Wildman–Crippen LogP) is 1.36. The van der Waals surface area contributed by atoms with Crippen LogP contribution in [0.25, 0.3) is 10.9 Å². The number of ether oxygens (including phenoxy) is 1. The Morgan fingerprint density at radius 3 is 3.05 bits per heavy atom. The zero-order valence-corrected chi connectivity index (χ0v) is 11.5. The van der Waals surface area contributed by atoms with Gasteiger partial charge in [-0.05, 0) is 19.1 Å². The third-order valence-electron chi connectivity index (χ3n) is 3.73. The first-order valence-electron chi connectivity index (χ1n) is 6.89. The molecular weight excluding hydrogens is 254 g/mol. The van der Waals surface area contributed by atoms with Gasteiger partial charge in [0.25, 0.3) is 5.91 Å². The Labute approximate surface area is 117 Å². The van der Waals surface area contributed by atoms with Crippen LogP contribution in [0.4, 0.5) is 0 Å². The van der Waals surface area contributed by atoms with Gasteiger partial charge < -0.3 is 20.4 Å². The number of amides is 1. The number of benzene rings is 1. The number of H-pyrrole nitrogens is 1. The molecule has 106 valence electrons. The first kappa shape index (κ1) is 13.1. The van der Waals surface area contributed by atoms with Crippen molar-refractivity contribution in [3.05, 3.63) is 36.0 Å². The lowest BCUT2D eigenvalue weighted by atomic mass is 10.1. The van der Waals surface area contributed by atoms with Crippen molar-refractivity contribution in [1.82, 2.24) is 9.88 Å². The van der Waals surface area contributed by atoms with E-state index in [2.05, 4.69) is 4.98 Å². The van der Waals surface area contributed by atoms with E-state index in [0.717, 1.165) is 10.9 Å². The third kappa shape index (κ3) is 2.42. The van der Waals surface area contributed by atoms with E-state index >= 15 is 0 Å². The van der Waals surface area contributed by atoms with Crippen LogP contribution in [-0.2, 0) is 4.74 Å². The maximum absolute atomic E-state index is 12.5. The maximum atomic E-state index is 12.5. The van der Waals surface area contributed by atoms with Crippen molar-refractivity contribution in [3.63, 3.8) is 0 Å². The fourth-order valence-electron chi connectivity index (χ4n) is 2.54. The highest BCUT2D eigenvalue weighted by molar-refractivity contribution is 5.98. The molecule has 1 aliphatic heterocycles. The Kier molecular flexibility index (Phi) is 3.46. The number of aromatic amines is 1. The minimum absolute atomic E-state index is 0.00940. The Morgan fingerprint density at radius 1 is 1.50 bits per heavy atom. The zero-order chi connectivity index (χ0) is 14.1. The first-order valence-corrected chi connectivity index (χ1v) is 6.89. The Balaban J connectivity index is 1.81. The fraction of sp³-hybridized carbons (Fsp3) is 0.400. The summed E-state index contributed by atoms with van der Waals surface area (Å²) >= 11 is 0. The van der Waals surface area contributed by atoms with Crippen LogP contribution in [0.2, 0.25) is 0 Å².